The van der Waals surface area contributed by atoms with Crippen LogP contribution in [-0.4, -0.2) is 60.8 Å². The summed E-state index contributed by atoms with van der Waals surface area (Å²) in [6.07, 6.45) is 0. The molecule has 1 fully saturated rings. The van der Waals surface area contributed by atoms with E-state index in [0.29, 0.717) is 11.4 Å². The predicted molar refractivity (Wildman–Crippen MR) is 102 cm³/mol. The van der Waals surface area contributed by atoms with Crippen LogP contribution in [0.3, 0.4) is 0 Å². The number of methoxy groups -OCH3 is 1. The fourth-order valence-corrected chi connectivity index (χ4v) is 3.01. The molecule has 0 aliphatic carbocycles. The van der Waals surface area contributed by atoms with Crippen molar-refractivity contribution in [1.29, 1.82) is 0 Å². The Bertz CT molecular complexity index is 755. The summed E-state index contributed by atoms with van der Waals surface area (Å²) in [6.45, 7) is 9.10. The third-order valence-corrected chi connectivity index (χ3v) is 4.63. The molecule has 1 aliphatic rings. The van der Waals surface area contributed by atoms with E-state index in [1.54, 1.807) is 13.2 Å². The predicted octanol–water partition coefficient (Wildman–Crippen LogP) is 2.19. The number of aryl methyl sites for hydroxylation is 1. The lowest BCUT2D eigenvalue weighted by Crippen LogP contribution is -2.46. The fraction of sp³-hybridized carbons (Fsp3) is 0.421. The maximum absolute atomic E-state index is 12.5. The SMILES string of the molecule is CCN1CCN(c2ccc(C(=O)Nc3cc(C)ccc3OC)nn2)CC1. The zero-order valence-corrected chi connectivity index (χ0v) is 15.5. The van der Waals surface area contributed by atoms with E-state index in [1.807, 2.05) is 31.2 Å². The van der Waals surface area contributed by atoms with Gasteiger partial charge in [0.2, 0.25) is 0 Å². The summed E-state index contributed by atoms with van der Waals surface area (Å²) < 4.78 is 5.29. The maximum Gasteiger partial charge on any atom is 0.276 e. The molecule has 0 atom stereocenters. The number of hydrogen-bond donors (Lipinski definition) is 1. The van der Waals surface area contributed by atoms with Crippen molar-refractivity contribution in [1.82, 2.24) is 15.1 Å². The lowest BCUT2D eigenvalue weighted by atomic mass is 10.2. The Hall–Kier alpha value is -2.67. The van der Waals surface area contributed by atoms with Crippen molar-refractivity contribution in [3.63, 3.8) is 0 Å². The quantitative estimate of drug-likeness (QED) is 0.887. The number of carbonyl (C=O) groups is 1. The van der Waals surface area contributed by atoms with Crippen molar-refractivity contribution in [2.75, 3.05) is 50.1 Å². The minimum atomic E-state index is -0.302. The normalized spacial score (nSPS) is 15.0. The molecule has 0 radical (unpaired) electrons. The molecule has 138 valence electrons. The number of hydrogen-bond acceptors (Lipinski definition) is 6. The molecule has 0 bridgehead atoms. The van der Waals surface area contributed by atoms with Crippen molar-refractivity contribution in [3.05, 3.63) is 41.6 Å². The van der Waals surface area contributed by atoms with Gasteiger partial charge in [-0.25, -0.2) is 0 Å². The first-order chi connectivity index (χ1) is 12.6. The molecule has 2 heterocycles. The Morgan fingerprint density at radius 1 is 1.15 bits per heavy atom. The number of benzene rings is 1. The van der Waals surface area contributed by atoms with Gasteiger partial charge in [0.25, 0.3) is 5.91 Å². The Balaban J connectivity index is 1.67. The first-order valence-electron chi connectivity index (χ1n) is 8.87. The highest BCUT2D eigenvalue weighted by molar-refractivity contribution is 6.03. The second kappa shape index (κ2) is 8.14. The van der Waals surface area contributed by atoms with Gasteiger partial charge in [0, 0.05) is 26.2 Å². The summed E-state index contributed by atoms with van der Waals surface area (Å²) in [5.41, 5.74) is 1.94. The van der Waals surface area contributed by atoms with Gasteiger partial charge in [0.05, 0.1) is 12.8 Å². The Morgan fingerprint density at radius 3 is 2.54 bits per heavy atom. The van der Waals surface area contributed by atoms with E-state index in [1.165, 1.54) is 0 Å². The van der Waals surface area contributed by atoms with Crippen LogP contribution in [0.25, 0.3) is 0 Å². The zero-order valence-electron chi connectivity index (χ0n) is 15.5. The van der Waals surface area contributed by atoms with Crippen LogP contribution in [0.15, 0.2) is 30.3 Å². The number of piperazine rings is 1. The number of amides is 1. The number of nitrogens with one attached hydrogen (secondary N) is 1. The largest absolute Gasteiger partial charge is 0.495 e. The lowest BCUT2D eigenvalue weighted by Gasteiger charge is -2.34. The van der Waals surface area contributed by atoms with Crippen molar-refractivity contribution < 1.29 is 9.53 Å². The second-order valence-electron chi connectivity index (χ2n) is 6.36. The van der Waals surface area contributed by atoms with Crippen LogP contribution in [-0.2, 0) is 0 Å². The van der Waals surface area contributed by atoms with Crippen LogP contribution in [0.2, 0.25) is 0 Å². The molecular weight excluding hydrogens is 330 g/mol. The molecule has 1 aromatic heterocycles. The molecule has 0 spiro atoms. The van der Waals surface area contributed by atoms with Gasteiger partial charge in [-0.3, -0.25) is 4.79 Å². The fourth-order valence-electron chi connectivity index (χ4n) is 3.01. The summed E-state index contributed by atoms with van der Waals surface area (Å²) in [5, 5.41) is 11.2. The highest BCUT2D eigenvalue weighted by Crippen LogP contribution is 2.25. The van der Waals surface area contributed by atoms with Crippen LogP contribution in [0, 0.1) is 6.92 Å². The second-order valence-corrected chi connectivity index (χ2v) is 6.36. The number of aromatic nitrogens is 2. The van der Waals surface area contributed by atoms with Gasteiger partial charge in [-0.05, 0) is 43.3 Å². The maximum atomic E-state index is 12.5. The van der Waals surface area contributed by atoms with E-state index in [-0.39, 0.29) is 11.6 Å². The third kappa shape index (κ3) is 4.11. The number of rotatable bonds is 5. The van der Waals surface area contributed by atoms with Crippen LogP contribution >= 0.6 is 0 Å². The van der Waals surface area contributed by atoms with E-state index in [0.717, 1.165) is 44.1 Å². The first kappa shape index (κ1) is 18.1. The molecule has 3 rings (SSSR count). The molecule has 0 unspecified atom stereocenters. The molecule has 1 saturated heterocycles. The average Bonchev–Trinajstić information content (AvgIpc) is 2.68. The van der Waals surface area contributed by atoms with E-state index in [9.17, 15) is 4.79 Å². The Labute approximate surface area is 154 Å². The van der Waals surface area contributed by atoms with Gasteiger partial charge >= 0.3 is 0 Å². The molecule has 1 amide bonds. The molecule has 7 heteroatoms. The minimum Gasteiger partial charge on any atom is -0.495 e. The number of carbonyl (C=O) groups excluding carboxylic acids is 1. The molecule has 2 aromatic rings. The van der Waals surface area contributed by atoms with Crippen LogP contribution in [0.1, 0.15) is 23.0 Å². The van der Waals surface area contributed by atoms with Crippen LogP contribution in [0.5, 0.6) is 5.75 Å². The summed E-state index contributed by atoms with van der Waals surface area (Å²) in [5.74, 6) is 1.12. The Morgan fingerprint density at radius 2 is 1.92 bits per heavy atom. The summed E-state index contributed by atoms with van der Waals surface area (Å²) >= 11 is 0. The third-order valence-electron chi connectivity index (χ3n) is 4.63. The van der Waals surface area contributed by atoms with Crippen LogP contribution < -0.4 is 15.0 Å². The standard InChI is InChI=1S/C19H25N5O2/c1-4-23-9-11-24(12-10-23)18-8-6-15(21-22-18)19(25)20-16-13-14(2)5-7-17(16)26-3/h5-8,13H,4,9-12H2,1-3H3,(H,20,25). The van der Waals surface area contributed by atoms with Crippen LogP contribution in [0.4, 0.5) is 11.5 Å². The Kier molecular flexibility index (Phi) is 5.68. The summed E-state index contributed by atoms with van der Waals surface area (Å²) in [7, 11) is 1.58. The number of nitrogens with zero attached hydrogens (tertiary/aromatic N) is 4. The van der Waals surface area contributed by atoms with E-state index in [4.69, 9.17) is 4.74 Å². The smallest absolute Gasteiger partial charge is 0.276 e. The summed E-state index contributed by atoms with van der Waals surface area (Å²) in [4.78, 5) is 17.1. The van der Waals surface area contributed by atoms with Gasteiger partial charge in [0.1, 0.15) is 5.75 Å². The first-order valence-corrected chi connectivity index (χ1v) is 8.87. The van der Waals surface area contributed by atoms with Crippen molar-refractivity contribution in [3.8, 4) is 5.75 Å². The number of ether oxygens (including phenoxy) is 1. The van der Waals surface area contributed by atoms with Crippen molar-refractivity contribution >= 4 is 17.4 Å². The van der Waals surface area contributed by atoms with Crippen molar-refractivity contribution in [2.45, 2.75) is 13.8 Å². The monoisotopic (exact) mass is 355 g/mol. The van der Waals surface area contributed by atoms with Gasteiger partial charge in [0.15, 0.2) is 11.5 Å². The minimum absolute atomic E-state index is 0.282. The number of anilines is 2. The average molecular weight is 355 g/mol. The zero-order chi connectivity index (χ0) is 18.5. The topological polar surface area (TPSA) is 70.6 Å². The lowest BCUT2D eigenvalue weighted by molar-refractivity contribution is 0.102. The van der Waals surface area contributed by atoms with Gasteiger partial charge in [-0.2, -0.15) is 0 Å². The van der Waals surface area contributed by atoms with E-state index >= 15 is 0 Å². The van der Waals surface area contributed by atoms with Crippen molar-refractivity contribution in [2.24, 2.45) is 0 Å². The van der Waals surface area contributed by atoms with Gasteiger partial charge < -0.3 is 19.9 Å². The number of likely N-dealkylation sites (N-methyl/N-ethyl adjacent to an activating group) is 1. The van der Waals surface area contributed by atoms with Gasteiger partial charge in [-0.15, -0.1) is 10.2 Å². The van der Waals surface area contributed by atoms with Gasteiger partial charge in [-0.1, -0.05) is 13.0 Å². The molecular formula is C19H25N5O2. The summed E-state index contributed by atoms with van der Waals surface area (Å²) in [6, 6.07) is 9.20. The molecule has 1 N–H and O–H groups in total. The molecule has 1 aromatic carbocycles. The molecule has 7 nitrogen and oxygen atoms in total. The van der Waals surface area contributed by atoms with E-state index in [2.05, 4.69) is 32.2 Å². The van der Waals surface area contributed by atoms with E-state index < -0.39 is 0 Å². The molecule has 26 heavy (non-hydrogen) atoms. The highest BCUT2D eigenvalue weighted by atomic mass is 16.5. The molecule has 1 aliphatic heterocycles. The molecule has 0 saturated carbocycles. The highest BCUT2D eigenvalue weighted by Gasteiger charge is 2.18.